The number of nitrogens with zero attached hydrogens (tertiary/aromatic N) is 2. The van der Waals surface area contributed by atoms with Crippen LogP contribution in [0.3, 0.4) is 0 Å². The molecule has 1 aromatic heterocycles. The zero-order chi connectivity index (χ0) is 19.7. The summed E-state index contributed by atoms with van der Waals surface area (Å²) in [4.78, 5) is 29.8. The Labute approximate surface area is 166 Å². The lowest BCUT2D eigenvalue weighted by Gasteiger charge is -2.17. The van der Waals surface area contributed by atoms with Crippen LogP contribution in [0.25, 0.3) is 11.1 Å². The van der Waals surface area contributed by atoms with Gasteiger partial charge in [0.1, 0.15) is 0 Å². The average Bonchev–Trinajstić information content (AvgIpc) is 2.89. The number of rotatable bonds is 5. The maximum absolute atomic E-state index is 13.0. The van der Waals surface area contributed by atoms with Crippen LogP contribution in [-0.2, 0) is 13.1 Å². The second kappa shape index (κ2) is 7.72. The first-order chi connectivity index (χ1) is 12.8. The number of nitrogens with two attached hydrogens (primary N) is 1. The van der Waals surface area contributed by atoms with Gasteiger partial charge in [0.2, 0.25) is 0 Å². The van der Waals surface area contributed by atoms with Crippen molar-refractivity contribution < 1.29 is 14.7 Å². The number of hydrogen-bond donors (Lipinski definition) is 3. The summed E-state index contributed by atoms with van der Waals surface area (Å²) in [6, 6.07) is 5.09. The first-order valence-electron chi connectivity index (χ1n) is 8.27. The van der Waals surface area contributed by atoms with Gasteiger partial charge in [-0.1, -0.05) is 29.3 Å². The van der Waals surface area contributed by atoms with Crippen molar-refractivity contribution in [3.63, 3.8) is 0 Å². The van der Waals surface area contributed by atoms with Gasteiger partial charge in [0.15, 0.2) is 0 Å². The number of aryl methyl sites for hydroxylation is 1. The lowest BCUT2D eigenvalue weighted by molar-refractivity contribution is 0.0778. The Bertz CT molecular complexity index is 933. The SMILES string of the molecule is Cc1nc2c(c(-c3ccc(Cl)cc3Cl)c1CN)C(=O)N(CCNC(=O)O)C2. The molecule has 3 rings (SSSR count). The van der Waals surface area contributed by atoms with Gasteiger partial charge < -0.3 is 21.1 Å². The highest BCUT2D eigenvalue weighted by Crippen LogP contribution is 2.39. The van der Waals surface area contributed by atoms with Crippen LogP contribution in [0.5, 0.6) is 0 Å². The van der Waals surface area contributed by atoms with Gasteiger partial charge in [-0.2, -0.15) is 0 Å². The summed E-state index contributed by atoms with van der Waals surface area (Å²) in [5.74, 6) is -0.222. The van der Waals surface area contributed by atoms with Crippen LogP contribution >= 0.6 is 23.2 Å². The Hall–Kier alpha value is -2.35. The Balaban J connectivity index is 2.08. The molecule has 1 aromatic carbocycles. The highest BCUT2D eigenvalue weighted by molar-refractivity contribution is 6.36. The molecular weight excluding hydrogens is 391 g/mol. The van der Waals surface area contributed by atoms with E-state index in [0.717, 1.165) is 11.3 Å². The minimum atomic E-state index is -1.13. The van der Waals surface area contributed by atoms with Crippen molar-refractivity contribution in [2.75, 3.05) is 13.1 Å². The van der Waals surface area contributed by atoms with Gasteiger partial charge in [-0.25, -0.2) is 4.79 Å². The quantitative estimate of drug-likeness (QED) is 0.704. The lowest BCUT2D eigenvalue weighted by atomic mass is 9.93. The molecule has 9 heteroatoms. The number of halogens is 2. The summed E-state index contributed by atoms with van der Waals surface area (Å²) < 4.78 is 0. The standard InChI is InChI=1S/C18H18Cl2N4O3/c1-9-12(7-21)15(11-3-2-10(19)6-13(11)20)16-14(23-9)8-24(17(16)25)5-4-22-18(26)27/h2-3,6,22H,4-5,7-8,21H2,1H3,(H,26,27). The van der Waals surface area contributed by atoms with Crippen LogP contribution in [0.1, 0.15) is 27.3 Å². The van der Waals surface area contributed by atoms with Crippen molar-refractivity contribution in [1.29, 1.82) is 0 Å². The minimum Gasteiger partial charge on any atom is -0.465 e. The molecule has 4 N–H and O–H groups in total. The second-order valence-corrected chi connectivity index (χ2v) is 7.00. The molecule has 2 amide bonds. The smallest absolute Gasteiger partial charge is 0.404 e. The van der Waals surface area contributed by atoms with E-state index in [-0.39, 0.29) is 25.5 Å². The molecule has 0 bridgehead atoms. The third kappa shape index (κ3) is 3.71. The third-order valence-electron chi connectivity index (χ3n) is 4.48. The van der Waals surface area contributed by atoms with Gasteiger partial charge in [0, 0.05) is 46.5 Å². The van der Waals surface area contributed by atoms with E-state index in [2.05, 4.69) is 10.3 Å². The molecular formula is C18H18Cl2N4O3. The Morgan fingerprint density at radius 2 is 2.11 bits per heavy atom. The number of amides is 2. The topological polar surface area (TPSA) is 109 Å². The summed E-state index contributed by atoms with van der Waals surface area (Å²) in [6.07, 6.45) is -1.13. The number of carbonyl (C=O) groups excluding carboxylic acids is 1. The van der Waals surface area contributed by atoms with Crippen molar-refractivity contribution >= 4 is 35.2 Å². The molecule has 1 aliphatic rings. The van der Waals surface area contributed by atoms with Crippen LogP contribution in [0.2, 0.25) is 10.0 Å². The van der Waals surface area contributed by atoms with E-state index in [0.29, 0.717) is 39.0 Å². The zero-order valence-electron chi connectivity index (χ0n) is 14.6. The first-order valence-corrected chi connectivity index (χ1v) is 9.03. The van der Waals surface area contributed by atoms with E-state index in [1.807, 2.05) is 6.92 Å². The van der Waals surface area contributed by atoms with E-state index >= 15 is 0 Å². The number of hydrogen-bond acceptors (Lipinski definition) is 4. The summed E-state index contributed by atoms with van der Waals surface area (Å²) in [6.45, 7) is 2.73. The zero-order valence-corrected chi connectivity index (χ0v) is 16.1. The largest absolute Gasteiger partial charge is 0.465 e. The van der Waals surface area contributed by atoms with E-state index in [9.17, 15) is 9.59 Å². The molecule has 7 nitrogen and oxygen atoms in total. The maximum atomic E-state index is 13.0. The molecule has 0 spiro atoms. The van der Waals surface area contributed by atoms with Crippen LogP contribution in [0.15, 0.2) is 18.2 Å². The summed E-state index contributed by atoms with van der Waals surface area (Å²) in [5.41, 5.74) is 9.85. The summed E-state index contributed by atoms with van der Waals surface area (Å²) >= 11 is 12.4. The molecule has 142 valence electrons. The Kier molecular flexibility index (Phi) is 5.55. The predicted molar refractivity (Wildman–Crippen MR) is 103 cm³/mol. The van der Waals surface area contributed by atoms with Crippen molar-refractivity contribution in [3.05, 3.63) is 50.8 Å². The van der Waals surface area contributed by atoms with Crippen molar-refractivity contribution in [3.8, 4) is 11.1 Å². The van der Waals surface area contributed by atoms with Crippen molar-refractivity contribution in [2.45, 2.75) is 20.0 Å². The fourth-order valence-electron chi connectivity index (χ4n) is 3.27. The molecule has 0 fully saturated rings. The molecule has 27 heavy (non-hydrogen) atoms. The number of aromatic nitrogens is 1. The average molecular weight is 409 g/mol. The van der Waals surface area contributed by atoms with Gasteiger partial charge in [0.25, 0.3) is 5.91 Å². The fourth-order valence-corrected chi connectivity index (χ4v) is 3.78. The number of fused-ring (bicyclic) bond motifs is 1. The van der Waals surface area contributed by atoms with Crippen LogP contribution in [0.4, 0.5) is 4.79 Å². The molecule has 0 saturated heterocycles. The van der Waals surface area contributed by atoms with E-state index in [1.165, 1.54) is 0 Å². The van der Waals surface area contributed by atoms with Crippen LogP contribution < -0.4 is 11.1 Å². The summed E-state index contributed by atoms with van der Waals surface area (Å²) in [7, 11) is 0. The molecule has 0 aliphatic carbocycles. The van der Waals surface area contributed by atoms with Gasteiger partial charge in [-0.05, 0) is 24.6 Å². The molecule has 0 unspecified atom stereocenters. The van der Waals surface area contributed by atoms with Gasteiger partial charge in [0.05, 0.1) is 17.8 Å². The number of pyridine rings is 1. The molecule has 0 atom stereocenters. The lowest BCUT2D eigenvalue weighted by Crippen LogP contribution is -2.34. The van der Waals surface area contributed by atoms with Gasteiger partial charge >= 0.3 is 6.09 Å². The Morgan fingerprint density at radius 3 is 2.74 bits per heavy atom. The van der Waals surface area contributed by atoms with Crippen molar-refractivity contribution in [2.24, 2.45) is 5.73 Å². The number of carbonyl (C=O) groups is 2. The molecule has 0 radical (unpaired) electrons. The normalized spacial score (nSPS) is 13.0. The highest BCUT2D eigenvalue weighted by atomic mass is 35.5. The van der Waals surface area contributed by atoms with Crippen molar-refractivity contribution in [1.82, 2.24) is 15.2 Å². The van der Waals surface area contributed by atoms with E-state index in [4.69, 9.17) is 34.0 Å². The maximum Gasteiger partial charge on any atom is 0.404 e. The number of benzene rings is 1. The molecule has 1 aliphatic heterocycles. The monoisotopic (exact) mass is 408 g/mol. The van der Waals surface area contributed by atoms with E-state index in [1.54, 1.807) is 23.1 Å². The Morgan fingerprint density at radius 1 is 1.37 bits per heavy atom. The number of carboxylic acid groups (broad SMARTS) is 1. The minimum absolute atomic E-state index is 0.134. The second-order valence-electron chi connectivity index (χ2n) is 6.16. The fraction of sp³-hybridized carbons (Fsp3) is 0.278. The predicted octanol–water partition coefficient (Wildman–Crippen LogP) is 3.05. The third-order valence-corrected chi connectivity index (χ3v) is 5.03. The van der Waals surface area contributed by atoms with Gasteiger partial charge in [-0.15, -0.1) is 0 Å². The summed E-state index contributed by atoms with van der Waals surface area (Å²) in [5, 5.41) is 11.9. The molecule has 0 saturated carbocycles. The molecule has 2 aromatic rings. The molecule has 2 heterocycles. The highest BCUT2D eigenvalue weighted by Gasteiger charge is 2.34. The van der Waals surface area contributed by atoms with Gasteiger partial charge in [-0.3, -0.25) is 9.78 Å². The number of nitrogens with one attached hydrogen (secondary N) is 1. The van der Waals surface area contributed by atoms with Crippen LogP contribution in [0, 0.1) is 6.92 Å². The first kappa shape index (κ1) is 19.4. The van der Waals surface area contributed by atoms with Crippen LogP contribution in [-0.4, -0.2) is 40.1 Å². The van der Waals surface area contributed by atoms with E-state index < -0.39 is 6.09 Å².